The molecule has 0 bridgehead atoms. The van der Waals surface area contributed by atoms with Gasteiger partial charge in [-0.1, -0.05) is 45.0 Å². The second-order valence-electron chi connectivity index (χ2n) is 7.25. The molecule has 0 spiro atoms. The number of amides is 1. The maximum atomic E-state index is 13.8. The van der Waals surface area contributed by atoms with Crippen LogP contribution in [0.5, 0.6) is 0 Å². The minimum absolute atomic E-state index is 0.0571. The van der Waals surface area contributed by atoms with Gasteiger partial charge in [0.05, 0.1) is 4.47 Å². The van der Waals surface area contributed by atoms with E-state index in [0.717, 1.165) is 12.0 Å². The van der Waals surface area contributed by atoms with E-state index >= 15 is 0 Å². The first kappa shape index (κ1) is 18.7. The molecule has 0 fully saturated rings. The fraction of sp³-hybridized carbons (Fsp3) is 0.350. The predicted molar refractivity (Wildman–Crippen MR) is 99.6 cm³/mol. The van der Waals surface area contributed by atoms with Gasteiger partial charge in [0, 0.05) is 11.6 Å². The molecule has 0 radical (unpaired) electrons. The van der Waals surface area contributed by atoms with Crippen molar-refractivity contribution in [3.8, 4) is 0 Å². The monoisotopic (exact) mass is 391 g/mol. The lowest BCUT2D eigenvalue weighted by Gasteiger charge is -2.27. The summed E-state index contributed by atoms with van der Waals surface area (Å²) < 4.78 is 14.2. The smallest absolute Gasteiger partial charge is 0.251 e. The third-order valence-corrected chi connectivity index (χ3v) is 4.34. The van der Waals surface area contributed by atoms with Crippen molar-refractivity contribution in [2.45, 2.75) is 39.7 Å². The molecule has 0 heterocycles. The zero-order valence-electron chi connectivity index (χ0n) is 14.3. The van der Waals surface area contributed by atoms with E-state index in [-0.39, 0.29) is 23.2 Å². The van der Waals surface area contributed by atoms with E-state index in [0.29, 0.717) is 16.5 Å². The van der Waals surface area contributed by atoms with Crippen LogP contribution in [0.15, 0.2) is 53.0 Å². The van der Waals surface area contributed by atoms with Gasteiger partial charge in [-0.15, -0.1) is 0 Å². The van der Waals surface area contributed by atoms with Crippen LogP contribution in [-0.4, -0.2) is 11.9 Å². The molecular formula is C20H23BrFNO. The maximum absolute atomic E-state index is 13.8. The quantitative estimate of drug-likeness (QED) is 0.729. The first-order valence-electron chi connectivity index (χ1n) is 8.04. The molecule has 24 heavy (non-hydrogen) atoms. The Hall–Kier alpha value is -1.68. The Balaban J connectivity index is 2.15. The summed E-state index contributed by atoms with van der Waals surface area (Å²) >= 11 is 3.17. The van der Waals surface area contributed by atoms with Crippen LogP contribution in [-0.2, 0) is 6.42 Å². The van der Waals surface area contributed by atoms with Crippen LogP contribution in [0.25, 0.3) is 0 Å². The van der Waals surface area contributed by atoms with E-state index in [1.807, 2.05) is 24.3 Å². The third-order valence-electron chi connectivity index (χ3n) is 3.70. The normalized spacial score (nSPS) is 12.7. The van der Waals surface area contributed by atoms with Crippen LogP contribution in [0.1, 0.15) is 43.1 Å². The average molecular weight is 392 g/mol. The fourth-order valence-corrected chi connectivity index (χ4v) is 2.97. The molecule has 0 aromatic heterocycles. The summed E-state index contributed by atoms with van der Waals surface area (Å²) in [6.07, 6.45) is 1.41. The molecule has 1 amide bonds. The molecule has 1 unspecified atom stereocenters. The van der Waals surface area contributed by atoms with Crippen molar-refractivity contribution in [3.05, 3.63) is 69.9 Å². The van der Waals surface area contributed by atoms with Crippen molar-refractivity contribution in [3.63, 3.8) is 0 Å². The molecule has 128 valence electrons. The molecule has 1 atom stereocenters. The van der Waals surface area contributed by atoms with Crippen molar-refractivity contribution >= 4 is 21.8 Å². The molecule has 0 aliphatic carbocycles. The van der Waals surface area contributed by atoms with Gasteiger partial charge >= 0.3 is 0 Å². The molecule has 0 aliphatic rings. The van der Waals surface area contributed by atoms with Gasteiger partial charge in [0.15, 0.2) is 0 Å². The van der Waals surface area contributed by atoms with E-state index in [1.54, 1.807) is 18.2 Å². The van der Waals surface area contributed by atoms with E-state index in [1.165, 1.54) is 6.07 Å². The first-order chi connectivity index (χ1) is 11.2. The Kier molecular flexibility index (Phi) is 6.16. The number of carbonyl (C=O) groups excluding carboxylic acids is 1. The van der Waals surface area contributed by atoms with Gasteiger partial charge in [-0.2, -0.15) is 0 Å². The number of hydrogen-bond acceptors (Lipinski definition) is 1. The summed E-state index contributed by atoms with van der Waals surface area (Å²) in [6.45, 7) is 6.41. The Morgan fingerprint density at radius 1 is 1.17 bits per heavy atom. The van der Waals surface area contributed by atoms with Gasteiger partial charge < -0.3 is 5.32 Å². The molecule has 0 aliphatic heterocycles. The lowest BCUT2D eigenvalue weighted by molar-refractivity contribution is 0.0926. The highest BCUT2D eigenvalue weighted by Crippen LogP contribution is 2.24. The SMILES string of the molecule is CC(C)(C)CC(Cc1ccc(Br)c(F)c1)NC(=O)c1ccccc1. The van der Waals surface area contributed by atoms with Gasteiger partial charge in [0.2, 0.25) is 0 Å². The maximum Gasteiger partial charge on any atom is 0.251 e. The van der Waals surface area contributed by atoms with Crippen molar-refractivity contribution in [2.75, 3.05) is 0 Å². The molecule has 2 aromatic rings. The summed E-state index contributed by atoms with van der Waals surface area (Å²) in [5.41, 5.74) is 1.57. The summed E-state index contributed by atoms with van der Waals surface area (Å²) in [7, 11) is 0. The second-order valence-corrected chi connectivity index (χ2v) is 8.11. The Labute approximate surface area is 151 Å². The number of rotatable bonds is 5. The third kappa shape index (κ3) is 5.75. The summed E-state index contributed by atoms with van der Waals surface area (Å²) in [6, 6.07) is 14.2. The van der Waals surface area contributed by atoms with Crippen LogP contribution >= 0.6 is 15.9 Å². The number of halogens is 2. The molecule has 0 saturated carbocycles. The summed E-state index contributed by atoms with van der Waals surface area (Å²) in [5, 5.41) is 3.10. The highest BCUT2D eigenvalue weighted by molar-refractivity contribution is 9.10. The highest BCUT2D eigenvalue weighted by Gasteiger charge is 2.21. The van der Waals surface area contributed by atoms with Crippen molar-refractivity contribution < 1.29 is 9.18 Å². The van der Waals surface area contributed by atoms with E-state index in [9.17, 15) is 9.18 Å². The van der Waals surface area contributed by atoms with Gasteiger partial charge in [-0.25, -0.2) is 4.39 Å². The van der Waals surface area contributed by atoms with Gasteiger partial charge in [-0.3, -0.25) is 4.79 Å². The largest absolute Gasteiger partial charge is 0.349 e. The van der Waals surface area contributed by atoms with Crippen molar-refractivity contribution in [2.24, 2.45) is 5.41 Å². The Morgan fingerprint density at radius 2 is 1.83 bits per heavy atom. The lowest BCUT2D eigenvalue weighted by atomic mass is 9.85. The van der Waals surface area contributed by atoms with Gasteiger partial charge in [0.25, 0.3) is 5.91 Å². The molecule has 1 N–H and O–H groups in total. The molecule has 0 saturated heterocycles. The molecule has 2 aromatic carbocycles. The zero-order chi connectivity index (χ0) is 17.7. The fourth-order valence-electron chi connectivity index (χ4n) is 2.72. The van der Waals surface area contributed by atoms with Crippen molar-refractivity contribution in [1.29, 1.82) is 0 Å². The van der Waals surface area contributed by atoms with E-state index in [4.69, 9.17) is 0 Å². The number of benzene rings is 2. The van der Waals surface area contributed by atoms with E-state index < -0.39 is 0 Å². The zero-order valence-corrected chi connectivity index (χ0v) is 15.9. The van der Waals surface area contributed by atoms with Crippen LogP contribution in [0.2, 0.25) is 0 Å². The summed E-state index contributed by atoms with van der Waals surface area (Å²) in [4.78, 5) is 12.5. The first-order valence-corrected chi connectivity index (χ1v) is 8.84. The van der Waals surface area contributed by atoms with Crippen LogP contribution in [0.4, 0.5) is 4.39 Å². The topological polar surface area (TPSA) is 29.1 Å². The Bertz CT molecular complexity index is 695. The average Bonchev–Trinajstić information content (AvgIpc) is 2.50. The molecule has 4 heteroatoms. The van der Waals surface area contributed by atoms with Crippen LogP contribution in [0.3, 0.4) is 0 Å². The number of carbonyl (C=O) groups is 1. The number of nitrogens with one attached hydrogen (secondary N) is 1. The number of hydrogen-bond donors (Lipinski definition) is 1. The molecule has 2 nitrogen and oxygen atoms in total. The van der Waals surface area contributed by atoms with Crippen LogP contribution < -0.4 is 5.32 Å². The second kappa shape index (κ2) is 7.93. The van der Waals surface area contributed by atoms with Gasteiger partial charge in [-0.05, 0) is 64.0 Å². The standard InChI is InChI=1S/C20H23BrFNO/c1-20(2,3)13-16(11-14-9-10-17(21)18(22)12-14)23-19(24)15-7-5-4-6-8-15/h4-10,12,16H,11,13H2,1-3H3,(H,23,24). The van der Waals surface area contributed by atoms with Crippen LogP contribution in [0, 0.1) is 11.2 Å². The lowest BCUT2D eigenvalue weighted by Crippen LogP contribution is -2.39. The van der Waals surface area contributed by atoms with Gasteiger partial charge in [0.1, 0.15) is 5.82 Å². The summed E-state index contributed by atoms with van der Waals surface area (Å²) in [5.74, 6) is -0.376. The molecular weight excluding hydrogens is 369 g/mol. The van der Waals surface area contributed by atoms with Crippen molar-refractivity contribution in [1.82, 2.24) is 5.32 Å². The minimum atomic E-state index is -0.281. The Morgan fingerprint density at radius 3 is 2.42 bits per heavy atom. The predicted octanol–water partition coefficient (Wildman–Crippen LogP) is 5.37. The minimum Gasteiger partial charge on any atom is -0.349 e. The van der Waals surface area contributed by atoms with E-state index in [2.05, 4.69) is 42.0 Å². The highest BCUT2D eigenvalue weighted by atomic mass is 79.9. The molecule has 2 rings (SSSR count).